The highest BCUT2D eigenvalue weighted by atomic mass is 35.5. The maximum atomic E-state index is 12.7. The quantitative estimate of drug-likeness (QED) is 0.769. The minimum atomic E-state index is -0.359. The standard InChI is InChI=1S/C20H21Cl2N3O2/c21-15-8-9-16(22)17(11-15)24-20(27)18-7-4-10-25(18)13-19(26)23-12-14-5-2-1-3-6-14/h1-3,5-6,8-9,11,18H,4,7,10,12-13H2,(H,23,26)(H,24,27)/t18-/m0/s1. The van der Waals surface area contributed by atoms with Crippen LogP contribution in [0.4, 0.5) is 5.69 Å². The van der Waals surface area contributed by atoms with Crippen LogP contribution in [0.15, 0.2) is 48.5 Å². The third-order valence-electron chi connectivity index (χ3n) is 4.53. The minimum Gasteiger partial charge on any atom is -0.351 e. The fourth-order valence-corrected chi connectivity index (χ4v) is 3.50. The van der Waals surface area contributed by atoms with Gasteiger partial charge in [-0.1, -0.05) is 53.5 Å². The Kier molecular flexibility index (Phi) is 6.72. The van der Waals surface area contributed by atoms with Crippen LogP contribution in [-0.4, -0.2) is 35.8 Å². The molecule has 1 fully saturated rings. The molecular formula is C20H21Cl2N3O2. The third kappa shape index (κ3) is 5.45. The van der Waals surface area contributed by atoms with Crippen molar-refractivity contribution in [1.82, 2.24) is 10.2 Å². The molecule has 0 aromatic heterocycles. The number of carbonyl (C=O) groups is 2. The lowest BCUT2D eigenvalue weighted by molar-refractivity contribution is -0.125. The van der Waals surface area contributed by atoms with Crippen molar-refractivity contribution in [3.05, 3.63) is 64.1 Å². The highest BCUT2D eigenvalue weighted by molar-refractivity contribution is 6.35. The van der Waals surface area contributed by atoms with Gasteiger partial charge in [-0.15, -0.1) is 0 Å². The first kappa shape index (κ1) is 19.7. The summed E-state index contributed by atoms with van der Waals surface area (Å²) in [6, 6.07) is 14.3. The number of carbonyl (C=O) groups excluding carboxylic acids is 2. The molecule has 1 saturated heterocycles. The van der Waals surface area contributed by atoms with Gasteiger partial charge in [-0.25, -0.2) is 0 Å². The molecule has 1 atom stereocenters. The first-order valence-electron chi connectivity index (χ1n) is 8.83. The number of halogens is 2. The normalized spacial score (nSPS) is 16.9. The molecule has 0 bridgehead atoms. The van der Waals surface area contributed by atoms with Crippen LogP contribution in [0.2, 0.25) is 10.0 Å². The highest BCUT2D eigenvalue weighted by Gasteiger charge is 2.32. The molecule has 7 heteroatoms. The fourth-order valence-electron chi connectivity index (χ4n) is 3.16. The minimum absolute atomic E-state index is 0.0978. The molecule has 142 valence electrons. The summed E-state index contributed by atoms with van der Waals surface area (Å²) in [7, 11) is 0. The molecule has 5 nitrogen and oxygen atoms in total. The molecule has 2 amide bonds. The fraction of sp³-hybridized carbons (Fsp3) is 0.300. The van der Waals surface area contributed by atoms with Gasteiger partial charge in [0.25, 0.3) is 0 Å². The summed E-state index contributed by atoms with van der Waals surface area (Å²) in [5.74, 6) is -0.271. The van der Waals surface area contributed by atoms with Crippen LogP contribution >= 0.6 is 23.2 Å². The Labute approximate surface area is 168 Å². The lowest BCUT2D eigenvalue weighted by Crippen LogP contribution is -2.44. The lowest BCUT2D eigenvalue weighted by Gasteiger charge is -2.23. The van der Waals surface area contributed by atoms with Crippen LogP contribution < -0.4 is 10.6 Å². The van der Waals surface area contributed by atoms with Gasteiger partial charge in [0.1, 0.15) is 0 Å². The molecule has 1 aliphatic heterocycles. The van der Waals surface area contributed by atoms with E-state index < -0.39 is 0 Å². The van der Waals surface area contributed by atoms with Gasteiger partial charge in [0.15, 0.2) is 0 Å². The predicted molar refractivity (Wildman–Crippen MR) is 108 cm³/mol. The Hall–Kier alpha value is -2.08. The van der Waals surface area contributed by atoms with Crippen molar-refractivity contribution in [1.29, 1.82) is 0 Å². The number of anilines is 1. The number of nitrogens with one attached hydrogen (secondary N) is 2. The van der Waals surface area contributed by atoms with Gasteiger partial charge < -0.3 is 10.6 Å². The van der Waals surface area contributed by atoms with Crippen LogP contribution in [0.1, 0.15) is 18.4 Å². The molecule has 2 aromatic carbocycles. The number of likely N-dealkylation sites (tertiary alicyclic amines) is 1. The monoisotopic (exact) mass is 405 g/mol. The van der Waals surface area contributed by atoms with Crippen LogP contribution in [0.25, 0.3) is 0 Å². The summed E-state index contributed by atoms with van der Waals surface area (Å²) >= 11 is 12.1. The van der Waals surface area contributed by atoms with E-state index in [1.807, 2.05) is 35.2 Å². The van der Waals surface area contributed by atoms with Gasteiger partial charge in [-0.05, 0) is 43.1 Å². The second-order valence-corrected chi connectivity index (χ2v) is 7.35. The Balaban J connectivity index is 1.55. The first-order valence-corrected chi connectivity index (χ1v) is 9.59. The highest BCUT2D eigenvalue weighted by Crippen LogP contribution is 2.27. The molecule has 3 rings (SSSR count). The van der Waals surface area contributed by atoms with Crippen molar-refractivity contribution < 1.29 is 9.59 Å². The van der Waals surface area contributed by atoms with E-state index in [1.165, 1.54) is 0 Å². The number of benzene rings is 2. The number of hydrogen-bond donors (Lipinski definition) is 2. The molecule has 2 aromatic rings. The summed E-state index contributed by atoms with van der Waals surface area (Å²) in [6.07, 6.45) is 1.57. The van der Waals surface area contributed by atoms with E-state index in [2.05, 4.69) is 10.6 Å². The molecule has 2 N–H and O–H groups in total. The number of hydrogen-bond acceptors (Lipinski definition) is 3. The molecule has 0 aliphatic carbocycles. The van der Waals surface area contributed by atoms with E-state index in [9.17, 15) is 9.59 Å². The van der Waals surface area contributed by atoms with Crippen LogP contribution in [-0.2, 0) is 16.1 Å². The van der Waals surface area contributed by atoms with E-state index >= 15 is 0 Å². The summed E-state index contributed by atoms with van der Waals surface area (Å²) in [5.41, 5.74) is 1.52. The van der Waals surface area contributed by atoms with Gasteiger partial charge in [-0.2, -0.15) is 0 Å². The van der Waals surface area contributed by atoms with Crippen molar-refractivity contribution in [3.8, 4) is 0 Å². The van der Waals surface area contributed by atoms with Crippen molar-refractivity contribution in [2.45, 2.75) is 25.4 Å². The first-order chi connectivity index (χ1) is 13.0. The van der Waals surface area contributed by atoms with Gasteiger partial charge in [0.05, 0.1) is 23.3 Å². The van der Waals surface area contributed by atoms with Crippen LogP contribution in [0.5, 0.6) is 0 Å². The van der Waals surface area contributed by atoms with Crippen molar-refractivity contribution in [2.24, 2.45) is 0 Å². The van der Waals surface area contributed by atoms with Crippen molar-refractivity contribution in [2.75, 3.05) is 18.4 Å². The van der Waals surface area contributed by atoms with Crippen molar-refractivity contribution >= 4 is 40.7 Å². The van der Waals surface area contributed by atoms with E-state index in [1.54, 1.807) is 18.2 Å². The van der Waals surface area contributed by atoms with Crippen molar-refractivity contribution in [3.63, 3.8) is 0 Å². The van der Waals surface area contributed by atoms with Gasteiger partial charge in [0, 0.05) is 11.6 Å². The predicted octanol–water partition coefficient (Wildman–Crippen LogP) is 3.71. The topological polar surface area (TPSA) is 61.4 Å². The molecule has 27 heavy (non-hydrogen) atoms. The molecule has 1 heterocycles. The SMILES string of the molecule is O=C(CN1CCC[C@H]1C(=O)Nc1cc(Cl)ccc1Cl)NCc1ccccc1. The lowest BCUT2D eigenvalue weighted by atomic mass is 10.2. The second kappa shape index (κ2) is 9.22. The van der Waals surface area contributed by atoms with Gasteiger partial charge in [0.2, 0.25) is 11.8 Å². The smallest absolute Gasteiger partial charge is 0.241 e. The molecule has 0 radical (unpaired) electrons. The summed E-state index contributed by atoms with van der Waals surface area (Å²) < 4.78 is 0. The Bertz CT molecular complexity index is 814. The van der Waals surface area contributed by atoms with Gasteiger partial charge >= 0.3 is 0 Å². The molecular weight excluding hydrogens is 385 g/mol. The number of nitrogens with zero attached hydrogens (tertiary/aromatic N) is 1. The Morgan fingerprint density at radius 1 is 1.11 bits per heavy atom. The largest absolute Gasteiger partial charge is 0.351 e. The zero-order valence-electron chi connectivity index (χ0n) is 14.8. The summed E-state index contributed by atoms with van der Waals surface area (Å²) in [6.45, 7) is 1.37. The average Bonchev–Trinajstić information content (AvgIpc) is 3.12. The zero-order valence-corrected chi connectivity index (χ0v) is 16.3. The summed E-state index contributed by atoms with van der Waals surface area (Å²) in [4.78, 5) is 26.8. The van der Waals surface area contributed by atoms with Gasteiger partial charge in [-0.3, -0.25) is 14.5 Å². The Morgan fingerprint density at radius 3 is 2.67 bits per heavy atom. The number of amides is 2. The Morgan fingerprint density at radius 2 is 1.89 bits per heavy atom. The molecule has 0 spiro atoms. The maximum Gasteiger partial charge on any atom is 0.241 e. The van der Waals surface area contributed by atoms with E-state index in [-0.39, 0.29) is 24.4 Å². The van der Waals surface area contributed by atoms with Crippen LogP contribution in [0, 0.1) is 0 Å². The van der Waals surface area contributed by atoms with E-state index in [0.29, 0.717) is 35.2 Å². The second-order valence-electron chi connectivity index (χ2n) is 6.50. The summed E-state index contributed by atoms with van der Waals surface area (Å²) in [5, 5.41) is 6.65. The molecule has 0 unspecified atom stereocenters. The van der Waals surface area contributed by atoms with E-state index in [0.717, 1.165) is 12.0 Å². The molecule has 1 aliphatic rings. The third-order valence-corrected chi connectivity index (χ3v) is 5.10. The maximum absolute atomic E-state index is 12.7. The average molecular weight is 406 g/mol. The van der Waals surface area contributed by atoms with Crippen LogP contribution in [0.3, 0.4) is 0 Å². The zero-order chi connectivity index (χ0) is 19.2. The molecule has 0 saturated carbocycles. The number of rotatable bonds is 6. The van der Waals surface area contributed by atoms with E-state index in [4.69, 9.17) is 23.2 Å².